The van der Waals surface area contributed by atoms with Crippen molar-refractivity contribution in [1.29, 1.82) is 0 Å². The quantitative estimate of drug-likeness (QED) is 0.537. The van der Waals surface area contributed by atoms with Gasteiger partial charge in [-0.15, -0.1) is 0 Å². The van der Waals surface area contributed by atoms with Crippen molar-refractivity contribution in [3.63, 3.8) is 0 Å². The van der Waals surface area contributed by atoms with Crippen LogP contribution in [0.3, 0.4) is 0 Å². The van der Waals surface area contributed by atoms with E-state index in [0.29, 0.717) is 10.4 Å². The molecule has 2 aliphatic heterocycles. The summed E-state index contributed by atoms with van der Waals surface area (Å²) < 4.78 is 5.49. The molecule has 0 radical (unpaired) electrons. The van der Waals surface area contributed by atoms with Gasteiger partial charge in [0.05, 0.1) is 31.4 Å². The lowest BCUT2D eigenvalue weighted by Crippen LogP contribution is -2.34. The number of fused-ring (bicyclic) bond motifs is 1. The zero-order valence-electron chi connectivity index (χ0n) is 13.2. The summed E-state index contributed by atoms with van der Waals surface area (Å²) in [5.74, 6) is 2.73. The predicted molar refractivity (Wildman–Crippen MR) is 91.1 cm³/mol. The molecule has 6 heteroatoms. The Morgan fingerprint density at radius 1 is 0.947 bits per heavy atom. The summed E-state index contributed by atoms with van der Waals surface area (Å²) in [6, 6.07) is 0. The highest BCUT2D eigenvalue weighted by atomic mass is 16.5. The van der Waals surface area contributed by atoms with Crippen molar-refractivity contribution in [2.24, 2.45) is 17.8 Å². The zero-order chi connectivity index (χ0) is 13.7. The standard InChI is InChI=1S/C13H27B4NO/c14-12(15)8-13(16,17)11-7-18(6-10(11)12)5-9-1-3-19-4-2-9/h9-11H,1-8,14-17H2. The molecule has 3 rings (SSSR count). The van der Waals surface area contributed by atoms with Gasteiger partial charge in [-0.3, -0.25) is 0 Å². The molecule has 2 heterocycles. The molecule has 0 aromatic heterocycles. The Morgan fingerprint density at radius 3 is 2.00 bits per heavy atom. The van der Waals surface area contributed by atoms with Crippen molar-refractivity contribution >= 4 is 31.4 Å². The fourth-order valence-electron chi connectivity index (χ4n) is 5.35. The van der Waals surface area contributed by atoms with Gasteiger partial charge >= 0.3 is 0 Å². The molecule has 2 nitrogen and oxygen atoms in total. The molecular formula is C13H27B4NO. The Balaban J connectivity index is 1.63. The smallest absolute Gasteiger partial charge is 0.0996 e. The van der Waals surface area contributed by atoms with E-state index in [0.717, 1.165) is 31.0 Å². The van der Waals surface area contributed by atoms with Gasteiger partial charge in [0.15, 0.2) is 0 Å². The summed E-state index contributed by atoms with van der Waals surface area (Å²) in [5, 5.41) is 1.08. The molecule has 2 atom stereocenters. The van der Waals surface area contributed by atoms with Crippen LogP contribution >= 0.6 is 0 Å². The van der Waals surface area contributed by atoms with Crippen LogP contribution in [-0.2, 0) is 4.74 Å². The topological polar surface area (TPSA) is 12.5 Å². The van der Waals surface area contributed by atoms with Gasteiger partial charge in [-0.25, -0.2) is 0 Å². The van der Waals surface area contributed by atoms with Crippen LogP contribution < -0.4 is 0 Å². The first-order valence-corrected chi connectivity index (χ1v) is 8.19. The highest BCUT2D eigenvalue weighted by molar-refractivity contribution is 6.45. The maximum Gasteiger partial charge on any atom is 0.0996 e. The van der Waals surface area contributed by atoms with E-state index in [2.05, 4.69) is 36.3 Å². The average molecular weight is 257 g/mol. The molecule has 1 saturated carbocycles. The molecule has 0 aromatic carbocycles. The summed E-state index contributed by atoms with van der Waals surface area (Å²) >= 11 is 0. The molecule has 3 aliphatic rings. The fourth-order valence-corrected chi connectivity index (χ4v) is 5.35. The zero-order valence-corrected chi connectivity index (χ0v) is 13.2. The van der Waals surface area contributed by atoms with Gasteiger partial charge in [0.1, 0.15) is 0 Å². The second-order valence-electron chi connectivity index (χ2n) is 8.64. The Labute approximate surface area is 122 Å². The summed E-state index contributed by atoms with van der Waals surface area (Å²) in [7, 11) is 9.99. The van der Waals surface area contributed by atoms with Crippen LogP contribution in [0.4, 0.5) is 0 Å². The molecule has 0 N–H and O–H groups in total. The van der Waals surface area contributed by atoms with Crippen LogP contribution in [-0.4, -0.2) is 69.1 Å². The number of hydrogen-bond donors (Lipinski definition) is 0. The number of hydrogen-bond acceptors (Lipinski definition) is 2. The van der Waals surface area contributed by atoms with Gasteiger partial charge in [-0.1, -0.05) is 16.8 Å². The number of likely N-dealkylation sites (tertiary alicyclic amines) is 1. The lowest BCUT2D eigenvalue weighted by molar-refractivity contribution is 0.0544. The van der Waals surface area contributed by atoms with Gasteiger partial charge in [0, 0.05) is 32.8 Å². The lowest BCUT2D eigenvalue weighted by atomic mass is 9.45. The summed E-state index contributed by atoms with van der Waals surface area (Å²) in [6.45, 7) is 5.99. The van der Waals surface area contributed by atoms with Gasteiger partial charge in [0.2, 0.25) is 0 Å². The Kier molecular flexibility index (Phi) is 3.62. The maximum atomic E-state index is 5.49. The van der Waals surface area contributed by atoms with Crippen molar-refractivity contribution in [1.82, 2.24) is 4.90 Å². The van der Waals surface area contributed by atoms with E-state index in [-0.39, 0.29) is 0 Å². The van der Waals surface area contributed by atoms with E-state index in [1.54, 1.807) is 0 Å². The van der Waals surface area contributed by atoms with E-state index in [9.17, 15) is 0 Å². The molecular weight excluding hydrogens is 229 g/mol. The van der Waals surface area contributed by atoms with Crippen LogP contribution in [0, 0.1) is 17.8 Å². The molecule has 3 fully saturated rings. The van der Waals surface area contributed by atoms with E-state index >= 15 is 0 Å². The van der Waals surface area contributed by atoms with Gasteiger partial charge in [-0.05, 0) is 30.6 Å². The molecule has 0 aromatic rings. The molecule has 1 aliphatic carbocycles. The van der Waals surface area contributed by atoms with E-state index in [1.807, 2.05) is 0 Å². The second-order valence-corrected chi connectivity index (χ2v) is 8.64. The summed E-state index contributed by atoms with van der Waals surface area (Å²) in [4.78, 5) is 2.77. The van der Waals surface area contributed by atoms with Crippen molar-refractivity contribution < 1.29 is 4.74 Å². The summed E-state index contributed by atoms with van der Waals surface area (Å²) in [6.07, 6.45) is 3.96. The minimum absolute atomic E-state index is 0.540. The van der Waals surface area contributed by atoms with Crippen molar-refractivity contribution in [3.05, 3.63) is 0 Å². The molecule has 0 amide bonds. The molecule has 2 saturated heterocycles. The summed E-state index contributed by atoms with van der Waals surface area (Å²) in [5.41, 5.74) is 0. The molecule has 0 spiro atoms. The first kappa shape index (κ1) is 14.1. The number of ether oxygens (including phenoxy) is 1. The molecule has 2 unspecified atom stereocenters. The molecule has 102 valence electrons. The largest absolute Gasteiger partial charge is 0.381 e. The van der Waals surface area contributed by atoms with Gasteiger partial charge in [-0.2, -0.15) is 0 Å². The number of rotatable bonds is 2. The highest BCUT2D eigenvalue weighted by Gasteiger charge is 2.55. The van der Waals surface area contributed by atoms with Crippen molar-refractivity contribution in [2.45, 2.75) is 29.7 Å². The third-order valence-corrected chi connectivity index (χ3v) is 6.17. The van der Waals surface area contributed by atoms with E-state index in [4.69, 9.17) is 4.74 Å². The fraction of sp³-hybridized carbons (Fsp3) is 1.00. The third kappa shape index (κ3) is 2.67. The molecule has 19 heavy (non-hydrogen) atoms. The van der Waals surface area contributed by atoms with E-state index < -0.39 is 0 Å². The molecule has 0 bridgehead atoms. The normalized spacial score (nSPS) is 38.3. The van der Waals surface area contributed by atoms with Gasteiger partial charge in [0.25, 0.3) is 0 Å². The van der Waals surface area contributed by atoms with Crippen LogP contribution in [0.5, 0.6) is 0 Å². The Hall–Kier alpha value is 0.180. The van der Waals surface area contributed by atoms with E-state index in [1.165, 1.54) is 38.9 Å². The van der Waals surface area contributed by atoms with Crippen LogP contribution in [0.1, 0.15) is 19.3 Å². The maximum absolute atomic E-state index is 5.49. The van der Waals surface area contributed by atoms with Crippen LogP contribution in [0.2, 0.25) is 10.4 Å². The SMILES string of the molecule is BC1(B)CC(B)(B)C2CN(CC3CCOCC3)CC21. The van der Waals surface area contributed by atoms with Crippen molar-refractivity contribution in [3.8, 4) is 0 Å². The van der Waals surface area contributed by atoms with Gasteiger partial charge < -0.3 is 9.64 Å². The lowest BCUT2D eigenvalue weighted by Gasteiger charge is -2.32. The van der Waals surface area contributed by atoms with Crippen molar-refractivity contribution in [2.75, 3.05) is 32.8 Å². The monoisotopic (exact) mass is 257 g/mol. The van der Waals surface area contributed by atoms with Crippen LogP contribution in [0.25, 0.3) is 0 Å². The second kappa shape index (κ2) is 4.87. The predicted octanol–water partition coefficient (Wildman–Crippen LogP) is -1.87. The number of nitrogens with zero attached hydrogens (tertiary/aromatic N) is 1. The highest BCUT2D eigenvalue weighted by Crippen LogP contribution is 2.61. The van der Waals surface area contributed by atoms with Crippen LogP contribution in [0.15, 0.2) is 0 Å². The Bertz CT molecular complexity index is 322. The first-order chi connectivity index (χ1) is 8.88. The first-order valence-electron chi connectivity index (χ1n) is 8.19. The average Bonchev–Trinajstić information content (AvgIpc) is 2.80. The third-order valence-electron chi connectivity index (χ3n) is 6.17. The minimum Gasteiger partial charge on any atom is -0.381 e. The Morgan fingerprint density at radius 2 is 1.47 bits per heavy atom. The minimum atomic E-state index is 0.540.